The summed E-state index contributed by atoms with van der Waals surface area (Å²) in [4.78, 5) is 0. The molecule has 1 heterocycles. The molecule has 48 heavy (non-hydrogen) atoms. The van der Waals surface area contributed by atoms with E-state index in [1.165, 1.54) is 22.3 Å². The van der Waals surface area contributed by atoms with Crippen LogP contribution in [0.2, 0.25) is 59.7 Å². The molecule has 2 aliphatic carbocycles. The third-order valence-electron chi connectivity index (χ3n) is 12.5. The predicted molar refractivity (Wildman–Crippen MR) is 219 cm³/mol. The fourth-order valence-electron chi connectivity index (χ4n) is 10.3. The van der Waals surface area contributed by atoms with Crippen molar-refractivity contribution in [3.8, 4) is 22.3 Å². The molecule has 0 spiro atoms. The standard InChI is InChI=1S/C42H50Si3.2CH3.Hf/c1-29(2)45(30(3)4,37-25-33-13-11-15-39(41(33)27-37)31-17-21-35(22-18-31)43(5,6)7)38-26-34-14-12-16-40(42(34)28-38)32-19-23-36(24-20-32)44(8,9)10;;;/h11-30H,1-10H3;2*1H3;. The SMILES string of the molecule is CC(C)[Si]1(C(C)C)C2=Cc3c(-c4ccc([Si](C)(C)C)cc4)cccc3[CH]2[Hf]([CH3])([CH3])[CH]2C1=Cc1c(-c3ccc([Si](C)(C)C)cc3)cccc12. The van der Waals surface area contributed by atoms with Gasteiger partial charge in [0.25, 0.3) is 0 Å². The van der Waals surface area contributed by atoms with Crippen LogP contribution in [-0.4, -0.2) is 24.2 Å². The first-order valence-electron chi connectivity index (χ1n) is 18.4. The topological polar surface area (TPSA) is 0 Å². The molecule has 4 aromatic rings. The van der Waals surface area contributed by atoms with Crippen molar-refractivity contribution in [2.24, 2.45) is 0 Å². The summed E-state index contributed by atoms with van der Waals surface area (Å²) in [7, 11) is -4.80. The Morgan fingerprint density at radius 3 is 1.19 bits per heavy atom. The van der Waals surface area contributed by atoms with Crippen LogP contribution in [0, 0.1) is 0 Å². The van der Waals surface area contributed by atoms with Crippen molar-refractivity contribution < 1.29 is 20.0 Å². The van der Waals surface area contributed by atoms with E-state index in [1.54, 1.807) is 32.6 Å². The number of fused-ring (bicyclic) bond motifs is 6. The Labute approximate surface area is 299 Å². The number of allylic oxidation sites excluding steroid dienone is 2. The number of hydrogen-bond acceptors (Lipinski definition) is 0. The van der Waals surface area contributed by atoms with E-state index in [9.17, 15) is 0 Å². The van der Waals surface area contributed by atoms with Crippen LogP contribution in [-0.2, 0) is 20.0 Å². The fraction of sp³-hybridized carbons (Fsp3) is 0.364. The third kappa shape index (κ3) is 5.09. The van der Waals surface area contributed by atoms with E-state index in [-0.39, 0.29) is 0 Å². The van der Waals surface area contributed by atoms with E-state index in [1.807, 2.05) is 10.4 Å². The normalized spacial score (nSPS) is 20.6. The zero-order valence-corrected chi connectivity index (χ0v) is 38.1. The van der Waals surface area contributed by atoms with E-state index >= 15 is 0 Å². The monoisotopic (exact) mass is 848 g/mol. The number of hydrogen-bond donors (Lipinski definition) is 0. The number of benzene rings is 4. The Hall–Kier alpha value is -2.12. The summed E-state index contributed by atoms with van der Waals surface area (Å²) in [5.41, 5.74) is 13.4. The van der Waals surface area contributed by atoms with Crippen molar-refractivity contribution in [1.82, 2.24) is 0 Å². The van der Waals surface area contributed by atoms with Crippen LogP contribution in [0.1, 0.15) is 57.3 Å². The van der Waals surface area contributed by atoms with E-state index in [0.717, 1.165) is 0 Å². The van der Waals surface area contributed by atoms with Gasteiger partial charge in [-0.3, -0.25) is 0 Å². The van der Waals surface area contributed by atoms with Gasteiger partial charge in [-0.2, -0.15) is 0 Å². The summed E-state index contributed by atoms with van der Waals surface area (Å²) in [6.45, 7) is 25.0. The van der Waals surface area contributed by atoms with E-state index in [2.05, 4.69) is 173 Å². The molecule has 3 aliphatic rings. The van der Waals surface area contributed by atoms with Crippen molar-refractivity contribution in [1.29, 1.82) is 0 Å². The zero-order valence-electron chi connectivity index (χ0n) is 31.5. The molecule has 4 aromatic carbocycles. The summed E-state index contributed by atoms with van der Waals surface area (Å²) in [6.07, 6.45) is 5.57. The van der Waals surface area contributed by atoms with Crippen LogP contribution in [0.15, 0.2) is 95.3 Å². The molecule has 2 unspecified atom stereocenters. The maximum absolute atomic E-state index is 3.13. The number of rotatable bonds is 6. The Kier molecular flexibility index (Phi) is 8.38. The quantitative estimate of drug-likeness (QED) is 0.170. The van der Waals surface area contributed by atoms with Crippen molar-refractivity contribution in [2.45, 2.75) is 94.8 Å². The van der Waals surface area contributed by atoms with E-state index < -0.39 is 44.2 Å². The molecule has 0 N–H and O–H groups in total. The molecule has 0 nitrogen and oxygen atoms in total. The minimum atomic E-state index is -3.13. The summed E-state index contributed by atoms with van der Waals surface area (Å²) < 4.78 is 6.94. The van der Waals surface area contributed by atoms with Gasteiger partial charge in [-0.05, 0) is 0 Å². The fourth-order valence-corrected chi connectivity index (χ4v) is 45.3. The molecule has 2 atom stereocenters. The molecule has 1 saturated heterocycles. The molecule has 0 bridgehead atoms. The van der Waals surface area contributed by atoms with Gasteiger partial charge in [0.1, 0.15) is 0 Å². The molecule has 7 rings (SSSR count). The molecule has 0 radical (unpaired) electrons. The molecule has 4 heteroatoms. The van der Waals surface area contributed by atoms with Gasteiger partial charge in [0.15, 0.2) is 0 Å². The maximum atomic E-state index is 2.82. The summed E-state index contributed by atoms with van der Waals surface area (Å²) in [6, 6.07) is 34.0. The van der Waals surface area contributed by atoms with Crippen LogP contribution in [0.4, 0.5) is 0 Å². The van der Waals surface area contributed by atoms with Gasteiger partial charge >= 0.3 is 301 Å². The zero-order chi connectivity index (χ0) is 34.6. The van der Waals surface area contributed by atoms with Gasteiger partial charge in [0, 0.05) is 0 Å². The summed E-state index contributed by atoms with van der Waals surface area (Å²) in [5, 5.41) is 6.85. The van der Waals surface area contributed by atoms with Crippen LogP contribution < -0.4 is 10.4 Å². The van der Waals surface area contributed by atoms with E-state index in [0.29, 0.717) is 18.4 Å². The Morgan fingerprint density at radius 1 is 0.521 bits per heavy atom. The van der Waals surface area contributed by atoms with Crippen LogP contribution >= 0.6 is 0 Å². The van der Waals surface area contributed by atoms with Crippen LogP contribution in [0.3, 0.4) is 0 Å². The van der Waals surface area contributed by atoms with Gasteiger partial charge < -0.3 is 0 Å². The summed E-state index contributed by atoms with van der Waals surface area (Å²) in [5.74, 6) is 0. The van der Waals surface area contributed by atoms with Gasteiger partial charge in [-0.1, -0.05) is 0 Å². The third-order valence-corrected chi connectivity index (χ3v) is 40.3. The molecular formula is C44H56HfSi3. The van der Waals surface area contributed by atoms with Gasteiger partial charge in [0.2, 0.25) is 0 Å². The van der Waals surface area contributed by atoms with Gasteiger partial charge in [-0.25, -0.2) is 0 Å². The van der Waals surface area contributed by atoms with Crippen LogP contribution in [0.25, 0.3) is 34.4 Å². The van der Waals surface area contributed by atoms with E-state index in [4.69, 9.17) is 0 Å². The van der Waals surface area contributed by atoms with Crippen molar-refractivity contribution in [3.63, 3.8) is 0 Å². The summed E-state index contributed by atoms with van der Waals surface area (Å²) >= 11 is -3.13. The van der Waals surface area contributed by atoms with Crippen LogP contribution in [0.5, 0.6) is 0 Å². The first-order valence-corrected chi connectivity index (χ1v) is 38.9. The second-order valence-electron chi connectivity index (χ2n) is 18.3. The first-order chi connectivity index (χ1) is 22.5. The Bertz CT molecular complexity index is 1820. The Balaban J connectivity index is 1.43. The minimum absolute atomic E-state index is 0.645. The van der Waals surface area contributed by atoms with Gasteiger partial charge in [-0.15, -0.1) is 0 Å². The van der Waals surface area contributed by atoms with Gasteiger partial charge in [0.05, 0.1) is 0 Å². The second-order valence-corrected chi connectivity index (χ2v) is 50.9. The Morgan fingerprint density at radius 2 is 0.875 bits per heavy atom. The van der Waals surface area contributed by atoms with Crippen molar-refractivity contribution >= 4 is 46.7 Å². The molecule has 1 aliphatic heterocycles. The first kappa shape index (κ1) is 34.3. The average molecular weight is 848 g/mol. The second kappa shape index (κ2) is 11.7. The molecule has 0 amide bonds. The molecule has 1 fully saturated rings. The molecular weight excluding hydrogens is 791 g/mol. The molecule has 0 aromatic heterocycles. The predicted octanol–water partition coefficient (Wildman–Crippen LogP) is 12.3. The molecule has 248 valence electrons. The molecule has 0 saturated carbocycles. The average Bonchev–Trinajstić information content (AvgIpc) is 3.61. The van der Waals surface area contributed by atoms with Crippen molar-refractivity contribution in [2.75, 3.05) is 0 Å². The van der Waals surface area contributed by atoms with Crippen molar-refractivity contribution in [3.05, 3.63) is 118 Å².